The van der Waals surface area contributed by atoms with Gasteiger partial charge >= 0.3 is 0 Å². The number of piperazine rings is 1. The number of rotatable bonds is 5. The smallest absolute Gasteiger partial charge is 0.212 e. The van der Waals surface area contributed by atoms with Gasteiger partial charge in [0.2, 0.25) is 5.96 Å². The maximum absolute atomic E-state index is 9.39. The van der Waals surface area contributed by atoms with Gasteiger partial charge in [-0.2, -0.15) is 17.0 Å². The van der Waals surface area contributed by atoms with E-state index in [1.54, 1.807) is 12.4 Å². The fourth-order valence-corrected chi connectivity index (χ4v) is 4.60. The summed E-state index contributed by atoms with van der Waals surface area (Å²) in [7, 11) is 5.92. The minimum Gasteiger partial charge on any atom is -0.352 e. The van der Waals surface area contributed by atoms with Gasteiger partial charge in [0.15, 0.2) is 6.19 Å². The van der Waals surface area contributed by atoms with Crippen molar-refractivity contribution < 1.29 is 0 Å². The molecule has 0 spiro atoms. The van der Waals surface area contributed by atoms with Crippen molar-refractivity contribution >= 4 is 53.6 Å². The van der Waals surface area contributed by atoms with Gasteiger partial charge < -0.3 is 14.8 Å². The van der Waals surface area contributed by atoms with Gasteiger partial charge in [0, 0.05) is 25.8 Å². The van der Waals surface area contributed by atoms with Crippen molar-refractivity contribution in [1.82, 2.24) is 25.2 Å². The Kier molecular flexibility index (Phi) is 6.85. The molecule has 1 aliphatic rings. The first kappa shape index (κ1) is 22.0. The Hall–Kier alpha value is -3.19. The first-order valence-electron chi connectivity index (χ1n) is 10.5. The number of nitriles is 1. The van der Waals surface area contributed by atoms with Crippen LogP contribution in [0.4, 0.5) is 11.5 Å². The van der Waals surface area contributed by atoms with Gasteiger partial charge in [-0.05, 0) is 43.0 Å². The average Bonchev–Trinajstić information content (AvgIpc) is 3.18. The number of fused-ring (bicyclic) bond motifs is 1. The molecule has 0 aliphatic carbocycles. The summed E-state index contributed by atoms with van der Waals surface area (Å²) < 4.78 is 0. The number of hydrogen-bond acceptors (Lipinski definition) is 6. The predicted octanol–water partition coefficient (Wildman–Crippen LogP) is 2.06. The zero-order chi connectivity index (χ0) is 22.5. The summed E-state index contributed by atoms with van der Waals surface area (Å²) in [5.74, 6) is 2.51. The summed E-state index contributed by atoms with van der Waals surface area (Å²) >= 11 is 1.81. The molecule has 32 heavy (non-hydrogen) atoms. The molecule has 162 valence electrons. The second kappa shape index (κ2) is 9.96. The number of guanidine groups is 1. The molecule has 3 heterocycles. The lowest BCUT2D eigenvalue weighted by Gasteiger charge is -2.43. The summed E-state index contributed by atoms with van der Waals surface area (Å²) in [4.78, 5) is 21.4. The van der Waals surface area contributed by atoms with Crippen LogP contribution in [0.15, 0.2) is 41.8 Å². The molecule has 0 amide bonds. The van der Waals surface area contributed by atoms with Crippen LogP contribution < -0.4 is 15.7 Å². The Labute approximate surface area is 193 Å². The highest BCUT2D eigenvalue weighted by atomic mass is 32.2. The molecule has 2 N–H and O–H groups in total. The lowest BCUT2D eigenvalue weighted by Crippen LogP contribution is -2.58. The van der Waals surface area contributed by atoms with Crippen LogP contribution in [0.2, 0.25) is 0 Å². The van der Waals surface area contributed by atoms with Crippen LogP contribution >= 0.6 is 11.8 Å². The molecule has 0 saturated carbocycles. The van der Waals surface area contributed by atoms with Crippen LogP contribution in [0, 0.1) is 18.4 Å². The molecule has 1 aromatic carbocycles. The van der Waals surface area contributed by atoms with E-state index in [9.17, 15) is 5.26 Å². The molecule has 0 unspecified atom stereocenters. The third-order valence-electron chi connectivity index (χ3n) is 5.63. The van der Waals surface area contributed by atoms with Crippen molar-refractivity contribution in [2.45, 2.75) is 19.4 Å². The van der Waals surface area contributed by atoms with Gasteiger partial charge in [-0.25, -0.2) is 15.0 Å². The molecule has 3 aromatic rings. The van der Waals surface area contributed by atoms with E-state index in [1.807, 2.05) is 36.2 Å². The number of aromatic nitrogens is 3. The molecular formula is C22H25BN8S. The van der Waals surface area contributed by atoms with Gasteiger partial charge in [-0.3, -0.25) is 5.32 Å². The summed E-state index contributed by atoms with van der Waals surface area (Å²) in [6.07, 6.45) is 8.70. The largest absolute Gasteiger partial charge is 0.352 e. The molecule has 4 rings (SSSR count). The molecule has 1 saturated heterocycles. The zero-order valence-corrected chi connectivity index (χ0v) is 19.1. The third-order valence-corrected chi connectivity index (χ3v) is 6.27. The molecule has 2 radical (unpaired) electrons. The van der Waals surface area contributed by atoms with Gasteiger partial charge in [0.1, 0.15) is 25.6 Å². The Morgan fingerprint density at radius 1 is 1.41 bits per heavy atom. The van der Waals surface area contributed by atoms with Crippen LogP contribution in [0.25, 0.3) is 11.0 Å². The average molecular weight is 444 g/mol. The van der Waals surface area contributed by atoms with E-state index < -0.39 is 0 Å². The van der Waals surface area contributed by atoms with E-state index in [0.29, 0.717) is 23.7 Å². The number of nitrogens with one attached hydrogen (secondary N) is 2. The van der Waals surface area contributed by atoms with Crippen LogP contribution in [0.5, 0.6) is 0 Å². The second-order valence-corrected chi connectivity index (χ2v) is 8.72. The van der Waals surface area contributed by atoms with Crippen molar-refractivity contribution in [3.8, 4) is 6.19 Å². The second-order valence-electron chi connectivity index (χ2n) is 7.73. The zero-order valence-electron chi connectivity index (χ0n) is 18.2. The quantitative estimate of drug-likeness (QED) is 0.205. The lowest BCUT2D eigenvalue weighted by molar-refractivity contribution is 0.269. The first-order valence-corrected chi connectivity index (χ1v) is 11.9. The monoisotopic (exact) mass is 444 g/mol. The Bertz CT molecular complexity index is 1150. The standard InChI is InChI=1S/C22H25BN8S/c1-15-11-25-20-19(15)21(28-14-27-20)30-7-8-31(18(12-30)6-9-32-2)22(26-13-24)29-17-5-3-4-16(23)10-17/h3-5,10-11,14,18H,6-9,12H2,1-2H3,(H,26,29)(H,25,27,28)/t18-/m0/s1. The number of aliphatic imine (C=N–C) groups is 1. The molecule has 1 atom stereocenters. The van der Waals surface area contributed by atoms with E-state index in [0.717, 1.165) is 47.7 Å². The van der Waals surface area contributed by atoms with Gasteiger partial charge in [0.25, 0.3) is 0 Å². The van der Waals surface area contributed by atoms with Crippen molar-refractivity contribution in [2.24, 2.45) is 4.99 Å². The molecule has 10 heteroatoms. The van der Waals surface area contributed by atoms with Gasteiger partial charge in [-0.15, -0.1) is 0 Å². The van der Waals surface area contributed by atoms with Crippen molar-refractivity contribution in [1.29, 1.82) is 5.26 Å². The number of anilines is 1. The molecule has 8 nitrogen and oxygen atoms in total. The van der Waals surface area contributed by atoms with Crippen LogP contribution in [-0.4, -0.2) is 71.3 Å². The fourth-order valence-electron chi connectivity index (χ4n) is 4.10. The van der Waals surface area contributed by atoms with Crippen LogP contribution in [-0.2, 0) is 0 Å². The lowest BCUT2D eigenvalue weighted by atomic mass is 9.96. The fraction of sp³-hybridized carbons (Fsp3) is 0.364. The van der Waals surface area contributed by atoms with E-state index in [-0.39, 0.29) is 6.04 Å². The van der Waals surface area contributed by atoms with Crippen LogP contribution in [0.3, 0.4) is 0 Å². The maximum atomic E-state index is 9.39. The Balaban J connectivity index is 1.64. The van der Waals surface area contributed by atoms with E-state index in [2.05, 4.69) is 49.4 Å². The van der Waals surface area contributed by atoms with Crippen molar-refractivity contribution in [3.05, 3.63) is 42.4 Å². The molecule has 0 bridgehead atoms. The summed E-state index contributed by atoms with van der Waals surface area (Å²) in [6, 6.07) is 7.54. The Morgan fingerprint density at radius 3 is 3.06 bits per heavy atom. The third kappa shape index (κ3) is 4.68. The van der Waals surface area contributed by atoms with Crippen LogP contribution in [0.1, 0.15) is 12.0 Å². The normalized spacial score (nSPS) is 16.9. The summed E-state index contributed by atoms with van der Waals surface area (Å²) in [5.41, 5.74) is 3.34. The molecular weight excluding hydrogens is 419 g/mol. The summed E-state index contributed by atoms with van der Waals surface area (Å²) in [6.45, 7) is 4.32. The van der Waals surface area contributed by atoms with E-state index >= 15 is 0 Å². The van der Waals surface area contributed by atoms with E-state index in [1.165, 1.54) is 0 Å². The molecule has 2 aromatic heterocycles. The van der Waals surface area contributed by atoms with E-state index in [4.69, 9.17) is 12.8 Å². The number of nitrogens with zero attached hydrogens (tertiary/aromatic N) is 6. The SMILES string of the molecule is [B]c1cccc(N=C(NC#N)N2CCN(c3ncnc4[nH]cc(C)c34)C[C@@H]2CCSC)c1. The highest BCUT2D eigenvalue weighted by molar-refractivity contribution is 7.98. The van der Waals surface area contributed by atoms with Gasteiger partial charge in [0.05, 0.1) is 17.1 Å². The number of thioether (sulfide) groups is 1. The van der Waals surface area contributed by atoms with Gasteiger partial charge in [-0.1, -0.05) is 17.6 Å². The van der Waals surface area contributed by atoms with Crippen molar-refractivity contribution in [2.75, 3.05) is 36.5 Å². The predicted molar refractivity (Wildman–Crippen MR) is 132 cm³/mol. The number of aromatic amines is 1. The maximum Gasteiger partial charge on any atom is 0.212 e. The first-order chi connectivity index (χ1) is 15.6. The minimum absolute atomic E-state index is 0.168. The highest BCUT2D eigenvalue weighted by Gasteiger charge is 2.31. The minimum atomic E-state index is 0.168. The number of benzene rings is 1. The molecule has 1 aliphatic heterocycles. The number of aryl methyl sites for hydroxylation is 1. The highest BCUT2D eigenvalue weighted by Crippen LogP contribution is 2.28. The number of H-pyrrole nitrogens is 1. The summed E-state index contributed by atoms with van der Waals surface area (Å²) in [5, 5.41) is 13.3. The molecule has 1 fully saturated rings. The topological polar surface area (TPSA) is 96.2 Å². The number of hydrogen-bond donors (Lipinski definition) is 2. The van der Waals surface area contributed by atoms with Crippen molar-refractivity contribution in [3.63, 3.8) is 0 Å². The Morgan fingerprint density at radius 2 is 2.28 bits per heavy atom.